The highest BCUT2D eigenvalue weighted by molar-refractivity contribution is 5.24. The fourth-order valence-corrected chi connectivity index (χ4v) is 0.834. The summed E-state index contributed by atoms with van der Waals surface area (Å²) in [5.41, 5.74) is 0. The first kappa shape index (κ1) is 9.92. The summed E-state index contributed by atoms with van der Waals surface area (Å²) in [6.45, 7) is 0.147. The molecule has 2 nitrogen and oxygen atoms in total. The third-order valence-electron chi connectivity index (χ3n) is 1.45. The number of halogens is 2. The molecule has 0 spiro atoms. The van der Waals surface area contributed by atoms with Crippen LogP contribution >= 0.6 is 0 Å². The number of rotatable bonds is 4. The van der Waals surface area contributed by atoms with Gasteiger partial charge in [-0.25, -0.2) is 8.78 Å². The Morgan fingerprint density at radius 3 is 2.77 bits per heavy atom. The lowest BCUT2D eigenvalue weighted by Gasteiger charge is -2.05. The van der Waals surface area contributed by atoms with Crippen LogP contribution in [0.25, 0.3) is 0 Å². The van der Waals surface area contributed by atoms with E-state index in [0.717, 1.165) is 18.2 Å². The molecule has 0 aliphatic carbocycles. The molecule has 0 fully saturated rings. The Balaban J connectivity index is 2.59. The smallest absolute Gasteiger partial charge is 0.165 e. The number of aliphatic hydroxyl groups is 1. The van der Waals surface area contributed by atoms with Crippen LogP contribution < -0.4 is 4.74 Å². The van der Waals surface area contributed by atoms with Gasteiger partial charge in [-0.05, 0) is 12.1 Å². The van der Waals surface area contributed by atoms with E-state index in [1.807, 2.05) is 0 Å². The summed E-state index contributed by atoms with van der Waals surface area (Å²) in [7, 11) is 0. The highest BCUT2D eigenvalue weighted by Gasteiger charge is 2.03. The average molecular weight is 188 g/mol. The molecular weight excluding hydrogens is 178 g/mol. The third kappa shape index (κ3) is 2.99. The van der Waals surface area contributed by atoms with Gasteiger partial charge < -0.3 is 9.84 Å². The van der Waals surface area contributed by atoms with Gasteiger partial charge in [0.05, 0.1) is 6.61 Å². The zero-order valence-electron chi connectivity index (χ0n) is 6.96. The number of ether oxygens (including phenoxy) is 1. The molecule has 0 radical (unpaired) electrons. The monoisotopic (exact) mass is 188 g/mol. The molecule has 0 aliphatic heterocycles. The van der Waals surface area contributed by atoms with Crippen molar-refractivity contribution in [1.29, 1.82) is 0 Å². The maximum atomic E-state index is 12.8. The van der Waals surface area contributed by atoms with Crippen LogP contribution in [0, 0.1) is 11.6 Å². The van der Waals surface area contributed by atoms with Gasteiger partial charge in [0.2, 0.25) is 0 Å². The Kier molecular flexibility index (Phi) is 3.64. The molecule has 4 heteroatoms. The van der Waals surface area contributed by atoms with Crippen LogP contribution in [0.3, 0.4) is 0 Å². The molecule has 1 aromatic carbocycles. The normalized spacial score (nSPS) is 10.1. The van der Waals surface area contributed by atoms with E-state index in [4.69, 9.17) is 9.84 Å². The summed E-state index contributed by atoms with van der Waals surface area (Å²) in [4.78, 5) is 0. The minimum absolute atomic E-state index is 0.0308. The van der Waals surface area contributed by atoms with Gasteiger partial charge in [0, 0.05) is 19.1 Å². The van der Waals surface area contributed by atoms with Crippen molar-refractivity contribution in [1.82, 2.24) is 0 Å². The van der Waals surface area contributed by atoms with Gasteiger partial charge in [-0.3, -0.25) is 0 Å². The average Bonchev–Trinajstić information content (AvgIpc) is 2.11. The second-order valence-corrected chi connectivity index (χ2v) is 2.50. The Morgan fingerprint density at radius 1 is 1.31 bits per heavy atom. The van der Waals surface area contributed by atoms with E-state index in [2.05, 4.69) is 0 Å². The molecule has 0 atom stereocenters. The minimum atomic E-state index is -0.598. The van der Waals surface area contributed by atoms with Crippen molar-refractivity contribution in [2.45, 2.75) is 6.42 Å². The Hall–Kier alpha value is -1.16. The molecule has 13 heavy (non-hydrogen) atoms. The van der Waals surface area contributed by atoms with E-state index in [9.17, 15) is 8.78 Å². The second-order valence-electron chi connectivity index (χ2n) is 2.50. The van der Waals surface area contributed by atoms with Crippen LogP contribution in [0.2, 0.25) is 0 Å². The molecule has 1 rings (SSSR count). The first-order chi connectivity index (χ1) is 6.24. The summed E-state index contributed by atoms with van der Waals surface area (Å²) < 4.78 is 30.3. The van der Waals surface area contributed by atoms with Crippen LogP contribution in [0.4, 0.5) is 8.78 Å². The van der Waals surface area contributed by atoms with Gasteiger partial charge in [0.15, 0.2) is 11.6 Å². The van der Waals surface area contributed by atoms with Crippen LogP contribution in [0.1, 0.15) is 6.42 Å². The van der Waals surface area contributed by atoms with E-state index < -0.39 is 11.6 Å². The molecule has 0 saturated heterocycles. The fraction of sp³-hybridized carbons (Fsp3) is 0.333. The van der Waals surface area contributed by atoms with Crippen molar-refractivity contribution in [3.8, 4) is 5.75 Å². The lowest BCUT2D eigenvalue weighted by molar-refractivity contribution is 0.228. The predicted molar refractivity (Wildman–Crippen MR) is 43.6 cm³/mol. The number of benzene rings is 1. The first-order valence-corrected chi connectivity index (χ1v) is 3.93. The highest BCUT2D eigenvalue weighted by atomic mass is 19.1. The van der Waals surface area contributed by atoms with Crippen LogP contribution in [-0.4, -0.2) is 18.3 Å². The molecule has 0 aromatic heterocycles. The molecule has 0 bridgehead atoms. The quantitative estimate of drug-likeness (QED) is 0.729. The maximum absolute atomic E-state index is 12.8. The van der Waals surface area contributed by atoms with Crippen LogP contribution in [0.15, 0.2) is 18.2 Å². The van der Waals surface area contributed by atoms with Gasteiger partial charge in [-0.2, -0.15) is 0 Å². The second kappa shape index (κ2) is 4.77. The fourth-order valence-electron chi connectivity index (χ4n) is 0.834. The van der Waals surface area contributed by atoms with Gasteiger partial charge in [-0.1, -0.05) is 0 Å². The Bertz CT molecular complexity index is 276. The van der Waals surface area contributed by atoms with E-state index >= 15 is 0 Å². The van der Waals surface area contributed by atoms with Crippen molar-refractivity contribution in [2.24, 2.45) is 0 Å². The third-order valence-corrected chi connectivity index (χ3v) is 1.45. The molecule has 1 aromatic rings. The van der Waals surface area contributed by atoms with Gasteiger partial charge in [0.25, 0.3) is 0 Å². The van der Waals surface area contributed by atoms with Crippen molar-refractivity contribution >= 4 is 0 Å². The Morgan fingerprint density at radius 2 is 2.08 bits per heavy atom. The van der Waals surface area contributed by atoms with Gasteiger partial charge in [-0.15, -0.1) is 0 Å². The van der Waals surface area contributed by atoms with E-state index in [0.29, 0.717) is 6.42 Å². The van der Waals surface area contributed by atoms with Gasteiger partial charge >= 0.3 is 0 Å². The van der Waals surface area contributed by atoms with E-state index in [1.54, 1.807) is 0 Å². The zero-order chi connectivity index (χ0) is 9.68. The molecule has 0 heterocycles. The summed E-state index contributed by atoms with van der Waals surface area (Å²) >= 11 is 0. The molecule has 0 saturated carbocycles. The number of hydrogen-bond acceptors (Lipinski definition) is 2. The van der Waals surface area contributed by atoms with Crippen LogP contribution in [-0.2, 0) is 0 Å². The maximum Gasteiger partial charge on any atom is 0.165 e. The summed E-state index contributed by atoms with van der Waals surface area (Å²) in [6.07, 6.45) is 0.399. The van der Waals surface area contributed by atoms with Gasteiger partial charge in [0.1, 0.15) is 5.82 Å². The molecule has 1 N–H and O–H groups in total. The highest BCUT2D eigenvalue weighted by Crippen LogP contribution is 2.17. The summed E-state index contributed by atoms with van der Waals surface area (Å²) in [6, 6.07) is 3.00. The molecule has 72 valence electrons. The SMILES string of the molecule is OCCCOc1cc(F)ccc1F. The zero-order valence-corrected chi connectivity index (χ0v) is 6.96. The van der Waals surface area contributed by atoms with E-state index in [1.165, 1.54) is 0 Å². The van der Waals surface area contributed by atoms with E-state index in [-0.39, 0.29) is 19.0 Å². The molecule has 0 unspecified atom stereocenters. The lowest BCUT2D eigenvalue weighted by atomic mass is 10.3. The molecule has 0 aliphatic rings. The van der Waals surface area contributed by atoms with Crippen molar-refractivity contribution in [2.75, 3.05) is 13.2 Å². The summed E-state index contributed by atoms with van der Waals surface area (Å²) in [5.74, 6) is -1.26. The summed E-state index contributed by atoms with van der Waals surface area (Å²) in [5, 5.41) is 8.42. The molecular formula is C9H10F2O2. The molecule has 0 amide bonds. The largest absolute Gasteiger partial charge is 0.490 e. The Labute approximate surface area is 74.8 Å². The predicted octanol–water partition coefficient (Wildman–Crippen LogP) is 1.73. The minimum Gasteiger partial charge on any atom is -0.490 e. The lowest BCUT2D eigenvalue weighted by Crippen LogP contribution is -2.01. The number of aliphatic hydroxyl groups excluding tert-OH is 1. The van der Waals surface area contributed by atoms with Crippen molar-refractivity contribution < 1.29 is 18.6 Å². The van der Waals surface area contributed by atoms with Crippen molar-refractivity contribution in [3.05, 3.63) is 29.8 Å². The first-order valence-electron chi connectivity index (χ1n) is 3.93. The number of hydrogen-bond donors (Lipinski definition) is 1. The topological polar surface area (TPSA) is 29.5 Å². The van der Waals surface area contributed by atoms with Crippen LogP contribution in [0.5, 0.6) is 5.75 Å². The standard InChI is InChI=1S/C9H10F2O2/c10-7-2-3-8(11)9(6-7)13-5-1-4-12/h2-3,6,12H,1,4-5H2. The van der Waals surface area contributed by atoms with Crippen molar-refractivity contribution in [3.63, 3.8) is 0 Å².